The van der Waals surface area contributed by atoms with E-state index in [0.717, 1.165) is 0 Å². The van der Waals surface area contributed by atoms with Gasteiger partial charge >= 0.3 is 0 Å². The molecule has 0 aromatic rings. The van der Waals surface area contributed by atoms with Crippen molar-refractivity contribution in [1.29, 1.82) is 0 Å². The Labute approximate surface area is 60.6 Å². The quantitative estimate of drug-likeness (QED) is 0.307. The van der Waals surface area contributed by atoms with E-state index in [4.69, 9.17) is 5.73 Å². The van der Waals surface area contributed by atoms with Gasteiger partial charge in [0.15, 0.2) is 0 Å². The maximum Gasteiger partial charge on any atom is 0.0571 e. The first kappa shape index (κ1) is 8.78. The van der Waals surface area contributed by atoms with Gasteiger partial charge in [0.25, 0.3) is 0 Å². The maximum absolute atomic E-state index is 4.88. The van der Waals surface area contributed by atoms with E-state index in [1.807, 2.05) is 6.92 Å². The van der Waals surface area contributed by atoms with E-state index >= 15 is 0 Å². The summed E-state index contributed by atoms with van der Waals surface area (Å²) in [5.74, 6) is 7.89. The molecule has 2 N–H and O–H groups in total. The van der Waals surface area contributed by atoms with Crippen molar-refractivity contribution in [2.24, 2.45) is 5.73 Å². The van der Waals surface area contributed by atoms with Crippen LogP contribution in [-0.2, 0) is 0 Å². The molecule has 0 amide bonds. The summed E-state index contributed by atoms with van der Waals surface area (Å²) < 4.78 is 0. The first-order chi connectivity index (χ1) is 4.06. The van der Waals surface area contributed by atoms with E-state index in [1.54, 1.807) is 0 Å². The van der Waals surface area contributed by atoms with Crippen LogP contribution < -0.4 is 5.73 Å². The van der Waals surface area contributed by atoms with Crippen molar-refractivity contribution in [3.63, 3.8) is 0 Å². The average molecular weight is 157 g/mol. The molecule has 48 valence electrons. The molecule has 9 heavy (non-hydrogen) atoms. The van der Waals surface area contributed by atoms with E-state index in [0.29, 0.717) is 0 Å². The SMILES string of the molecule is CC(P)(P)C#CC#CN. The molecule has 0 radical (unpaired) electrons. The van der Waals surface area contributed by atoms with Gasteiger partial charge in [-0.2, -0.15) is 0 Å². The molecule has 0 bridgehead atoms. The van der Waals surface area contributed by atoms with Crippen molar-refractivity contribution in [1.82, 2.24) is 0 Å². The zero-order valence-electron chi connectivity index (χ0n) is 5.23. The minimum atomic E-state index is -0.135. The van der Waals surface area contributed by atoms with Crippen LogP contribution in [0.3, 0.4) is 0 Å². The highest BCUT2D eigenvalue weighted by Crippen LogP contribution is 2.23. The Bertz CT molecular complexity index is 193. The lowest BCUT2D eigenvalue weighted by Gasteiger charge is -2.05. The van der Waals surface area contributed by atoms with Crippen molar-refractivity contribution in [3.8, 4) is 23.8 Å². The van der Waals surface area contributed by atoms with Crippen molar-refractivity contribution in [3.05, 3.63) is 0 Å². The molecular weight excluding hydrogens is 148 g/mol. The summed E-state index contributed by atoms with van der Waals surface area (Å²) in [5, 5.41) is 0. The van der Waals surface area contributed by atoms with Gasteiger partial charge < -0.3 is 5.73 Å². The fourth-order valence-electron chi connectivity index (χ4n) is 0.202. The Kier molecular flexibility index (Phi) is 3.65. The lowest BCUT2D eigenvalue weighted by molar-refractivity contribution is 1.21. The van der Waals surface area contributed by atoms with Gasteiger partial charge in [-0.1, -0.05) is 5.92 Å². The molecule has 2 atom stereocenters. The molecule has 0 saturated heterocycles. The highest BCUT2D eigenvalue weighted by molar-refractivity contribution is 7.40. The maximum atomic E-state index is 4.88. The highest BCUT2D eigenvalue weighted by Gasteiger charge is 2.02. The average Bonchev–Trinajstić information content (AvgIpc) is 1.63. The fourth-order valence-corrected chi connectivity index (χ4v) is 0.346. The molecular formula is C6H9NP2. The number of hydrogen-bond acceptors (Lipinski definition) is 1. The van der Waals surface area contributed by atoms with Crippen LogP contribution in [0.5, 0.6) is 0 Å². The van der Waals surface area contributed by atoms with Gasteiger partial charge in [0.2, 0.25) is 0 Å². The third-order valence-electron chi connectivity index (χ3n) is 0.467. The molecule has 3 heteroatoms. The smallest absolute Gasteiger partial charge is 0.0571 e. The van der Waals surface area contributed by atoms with Crippen LogP contribution in [0.1, 0.15) is 6.92 Å². The largest absolute Gasteiger partial charge is 0.359 e. The molecule has 0 aromatic carbocycles. The lowest BCUT2D eigenvalue weighted by Crippen LogP contribution is -1.97. The number of hydrogen-bond donors (Lipinski definition) is 1. The van der Waals surface area contributed by atoms with Gasteiger partial charge in [-0.15, -0.1) is 18.5 Å². The molecule has 0 fully saturated rings. The summed E-state index contributed by atoms with van der Waals surface area (Å²) in [6, 6.07) is 2.20. The number of nitrogens with two attached hydrogens (primary N) is 1. The monoisotopic (exact) mass is 157 g/mol. The Balaban J connectivity index is 3.99. The Morgan fingerprint density at radius 3 is 2.22 bits per heavy atom. The van der Waals surface area contributed by atoms with E-state index < -0.39 is 0 Å². The zero-order chi connectivity index (χ0) is 7.33. The Hall–Kier alpha value is -0.220. The predicted molar refractivity (Wildman–Crippen MR) is 47.6 cm³/mol. The molecule has 0 aliphatic heterocycles. The third kappa shape index (κ3) is 7.78. The minimum absolute atomic E-state index is 0.135. The molecule has 1 nitrogen and oxygen atoms in total. The molecule has 2 unspecified atom stereocenters. The fraction of sp³-hybridized carbons (Fsp3) is 0.333. The number of rotatable bonds is 0. The van der Waals surface area contributed by atoms with Crippen molar-refractivity contribution >= 4 is 18.5 Å². The zero-order valence-corrected chi connectivity index (χ0v) is 7.54. The molecule has 0 aromatic heterocycles. The molecule has 0 heterocycles. The summed E-state index contributed by atoms with van der Waals surface area (Å²) in [5.41, 5.74) is 4.88. The normalized spacial score (nSPS) is 8.33. The minimum Gasteiger partial charge on any atom is -0.359 e. The van der Waals surface area contributed by atoms with Crippen LogP contribution >= 0.6 is 18.5 Å². The van der Waals surface area contributed by atoms with Crippen molar-refractivity contribution in [2.45, 2.75) is 11.8 Å². The van der Waals surface area contributed by atoms with Crippen LogP contribution in [0.25, 0.3) is 0 Å². The Morgan fingerprint density at radius 1 is 1.33 bits per heavy atom. The summed E-state index contributed by atoms with van der Waals surface area (Å²) in [7, 11) is 5.13. The first-order valence-corrected chi connectivity index (χ1v) is 3.52. The molecule has 0 rings (SSSR count). The van der Waals surface area contributed by atoms with Crippen molar-refractivity contribution in [2.75, 3.05) is 0 Å². The third-order valence-corrected chi connectivity index (χ3v) is 0.755. The van der Waals surface area contributed by atoms with Crippen LogP contribution in [0, 0.1) is 23.8 Å². The van der Waals surface area contributed by atoms with E-state index in [1.165, 1.54) is 0 Å². The second-order valence-corrected chi connectivity index (χ2v) is 4.87. The summed E-state index contributed by atoms with van der Waals surface area (Å²) in [6.45, 7) is 1.95. The van der Waals surface area contributed by atoms with E-state index in [9.17, 15) is 0 Å². The molecule has 0 spiro atoms. The van der Waals surface area contributed by atoms with Crippen LogP contribution in [-0.4, -0.2) is 4.90 Å². The summed E-state index contributed by atoms with van der Waals surface area (Å²) >= 11 is 0. The van der Waals surface area contributed by atoms with Gasteiger partial charge in [-0.05, 0) is 12.8 Å². The summed E-state index contributed by atoms with van der Waals surface area (Å²) in [4.78, 5) is -0.135. The van der Waals surface area contributed by atoms with Gasteiger partial charge in [0.1, 0.15) is 0 Å². The van der Waals surface area contributed by atoms with Gasteiger partial charge in [-0.3, -0.25) is 0 Å². The van der Waals surface area contributed by atoms with Crippen LogP contribution in [0.4, 0.5) is 0 Å². The van der Waals surface area contributed by atoms with Gasteiger partial charge in [0, 0.05) is 12.0 Å². The van der Waals surface area contributed by atoms with Crippen LogP contribution in [0.15, 0.2) is 0 Å². The van der Waals surface area contributed by atoms with E-state index in [2.05, 4.69) is 42.3 Å². The van der Waals surface area contributed by atoms with Gasteiger partial charge in [0.05, 0.1) is 4.90 Å². The molecule has 0 aliphatic carbocycles. The first-order valence-electron chi connectivity index (χ1n) is 2.37. The second kappa shape index (κ2) is 3.74. The topological polar surface area (TPSA) is 26.0 Å². The standard InChI is InChI=1S/C6H9NP2/c1-6(8,9)4-2-3-5-7/h7-9H2,1H3. The second-order valence-electron chi connectivity index (χ2n) is 1.80. The predicted octanol–water partition coefficient (Wildman–Crippen LogP) is 0.376. The van der Waals surface area contributed by atoms with Crippen LogP contribution in [0.2, 0.25) is 0 Å². The molecule has 0 saturated carbocycles. The van der Waals surface area contributed by atoms with Gasteiger partial charge in [-0.25, -0.2) is 0 Å². The Morgan fingerprint density at radius 2 is 1.89 bits per heavy atom. The van der Waals surface area contributed by atoms with E-state index in [-0.39, 0.29) is 4.90 Å². The highest BCUT2D eigenvalue weighted by atomic mass is 31.1. The molecule has 0 aliphatic rings. The lowest BCUT2D eigenvalue weighted by atomic mass is 10.4. The summed E-state index contributed by atoms with van der Waals surface area (Å²) in [6.07, 6.45) is 0. The van der Waals surface area contributed by atoms with Crippen molar-refractivity contribution < 1.29 is 0 Å².